The minimum atomic E-state index is -0.263. The van der Waals surface area contributed by atoms with Crippen molar-refractivity contribution >= 4 is 32.6 Å². The van der Waals surface area contributed by atoms with E-state index in [1.54, 1.807) is 6.07 Å². The monoisotopic (exact) mass is 295 g/mol. The van der Waals surface area contributed by atoms with Crippen molar-refractivity contribution in [3.63, 3.8) is 0 Å². The van der Waals surface area contributed by atoms with Crippen molar-refractivity contribution in [3.05, 3.63) is 24.0 Å². The lowest BCUT2D eigenvalue weighted by atomic mass is 10.2. The number of benzene rings is 1. The van der Waals surface area contributed by atoms with Crippen molar-refractivity contribution in [2.75, 3.05) is 18.4 Å². The summed E-state index contributed by atoms with van der Waals surface area (Å²) >= 11 is 1.39. The zero-order valence-corrected chi connectivity index (χ0v) is 12.4. The minimum absolute atomic E-state index is 0.0263. The van der Waals surface area contributed by atoms with Crippen molar-refractivity contribution < 1.29 is 9.18 Å². The van der Waals surface area contributed by atoms with Crippen LogP contribution < -0.4 is 10.6 Å². The van der Waals surface area contributed by atoms with E-state index in [9.17, 15) is 9.18 Å². The van der Waals surface area contributed by atoms with Gasteiger partial charge >= 0.3 is 0 Å². The van der Waals surface area contributed by atoms with Crippen molar-refractivity contribution in [3.8, 4) is 0 Å². The molecule has 6 heteroatoms. The molecule has 0 saturated carbocycles. The molecule has 0 unspecified atom stereocenters. The molecule has 1 aromatic heterocycles. The molecule has 0 fully saturated rings. The molecular formula is C14H18FN3OS. The second-order valence-corrected chi connectivity index (χ2v) is 6.04. The number of amides is 1. The lowest BCUT2D eigenvalue weighted by Crippen LogP contribution is -2.28. The van der Waals surface area contributed by atoms with Gasteiger partial charge in [0, 0.05) is 19.5 Å². The Labute approximate surface area is 121 Å². The lowest BCUT2D eigenvalue weighted by molar-refractivity contribution is -0.120. The van der Waals surface area contributed by atoms with Gasteiger partial charge in [-0.05, 0) is 24.1 Å². The molecule has 2 aromatic rings. The van der Waals surface area contributed by atoms with Crippen LogP contribution in [0.4, 0.5) is 9.52 Å². The number of hydrogen-bond donors (Lipinski definition) is 2. The van der Waals surface area contributed by atoms with E-state index < -0.39 is 0 Å². The molecule has 2 N–H and O–H groups in total. The van der Waals surface area contributed by atoms with Gasteiger partial charge in [0.1, 0.15) is 5.82 Å². The van der Waals surface area contributed by atoms with Crippen LogP contribution in [0.5, 0.6) is 0 Å². The molecule has 1 aromatic carbocycles. The van der Waals surface area contributed by atoms with Crippen molar-refractivity contribution in [2.45, 2.75) is 20.3 Å². The van der Waals surface area contributed by atoms with E-state index in [4.69, 9.17) is 0 Å². The topological polar surface area (TPSA) is 54.0 Å². The maximum Gasteiger partial charge on any atom is 0.221 e. The Morgan fingerprint density at radius 3 is 3.00 bits per heavy atom. The highest BCUT2D eigenvalue weighted by Crippen LogP contribution is 2.26. The first kappa shape index (κ1) is 14.7. The SMILES string of the molecule is CC(C)CNC(=O)CCNc1nc2ccc(F)cc2s1. The van der Waals surface area contributed by atoms with Crippen molar-refractivity contribution in [1.29, 1.82) is 0 Å². The Morgan fingerprint density at radius 1 is 1.45 bits per heavy atom. The molecule has 0 atom stereocenters. The number of aromatic nitrogens is 1. The van der Waals surface area contributed by atoms with Crippen LogP contribution in [0.3, 0.4) is 0 Å². The van der Waals surface area contributed by atoms with Crippen LogP contribution >= 0.6 is 11.3 Å². The molecule has 0 aliphatic carbocycles. The molecule has 2 rings (SSSR count). The second kappa shape index (κ2) is 6.65. The molecular weight excluding hydrogens is 277 g/mol. The summed E-state index contributed by atoms with van der Waals surface area (Å²) in [6.07, 6.45) is 0.400. The third-order valence-corrected chi connectivity index (χ3v) is 3.66. The van der Waals surface area contributed by atoms with E-state index in [2.05, 4.69) is 29.5 Å². The van der Waals surface area contributed by atoms with Crippen molar-refractivity contribution in [1.82, 2.24) is 10.3 Å². The van der Waals surface area contributed by atoms with Gasteiger partial charge in [-0.3, -0.25) is 4.79 Å². The van der Waals surface area contributed by atoms with E-state index in [0.29, 0.717) is 30.6 Å². The van der Waals surface area contributed by atoms with Crippen LogP contribution in [0.15, 0.2) is 18.2 Å². The van der Waals surface area contributed by atoms with Gasteiger partial charge in [0.2, 0.25) is 5.91 Å². The van der Waals surface area contributed by atoms with Gasteiger partial charge in [0.05, 0.1) is 10.2 Å². The number of anilines is 1. The van der Waals surface area contributed by atoms with Crippen LogP contribution in [0.25, 0.3) is 10.2 Å². The molecule has 0 radical (unpaired) electrons. The number of hydrogen-bond acceptors (Lipinski definition) is 4. The molecule has 4 nitrogen and oxygen atoms in total. The first-order valence-corrected chi connectivity index (χ1v) is 7.43. The molecule has 0 spiro atoms. The van der Waals surface area contributed by atoms with Gasteiger partial charge in [-0.2, -0.15) is 0 Å². The fourth-order valence-electron chi connectivity index (χ4n) is 1.66. The first-order chi connectivity index (χ1) is 9.54. The largest absolute Gasteiger partial charge is 0.361 e. The van der Waals surface area contributed by atoms with Crippen LogP contribution in [0.2, 0.25) is 0 Å². The Kier molecular flexibility index (Phi) is 4.89. The van der Waals surface area contributed by atoms with Gasteiger partial charge < -0.3 is 10.6 Å². The lowest BCUT2D eigenvalue weighted by Gasteiger charge is -2.07. The Balaban J connectivity index is 1.82. The molecule has 0 saturated heterocycles. The summed E-state index contributed by atoms with van der Waals surface area (Å²) in [6.45, 7) is 5.32. The zero-order valence-electron chi connectivity index (χ0n) is 11.6. The van der Waals surface area contributed by atoms with Crippen LogP contribution in [-0.2, 0) is 4.79 Å². The second-order valence-electron chi connectivity index (χ2n) is 5.01. The summed E-state index contributed by atoms with van der Waals surface area (Å²) in [4.78, 5) is 15.9. The third-order valence-electron chi connectivity index (χ3n) is 2.69. The van der Waals surface area contributed by atoms with Gasteiger partial charge in [-0.25, -0.2) is 9.37 Å². The average molecular weight is 295 g/mol. The highest BCUT2D eigenvalue weighted by atomic mass is 32.1. The fourth-order valence-corrected chi connectivity index (χ4v) is 2.58. The Bertz CT molecular complexity index is 597. The third kappa shape index (κ3) is 4.16. The van der Waals surface area contributed by atoms with Gasteiger partial charge in [-0.15, -0.1) is 0 Å². The average Bonchev–Trinajstić information content (AvgIpc) is 2.78. The normalized spacial score (nSPS) is 11.0. The van der Waals surface area contributed by atoms with Gasteiger partial charge in [0.25, 0.3) is 0 Å². The summed E-state index contributed by atoms with van der Waals surface area (Å²) in [5, 5.41) is 6.66. The summed E-state index contributed by atoms with van der Waals surface area (Å²) < 4.78 is 13.9. The van der Waals surface area contributed by atoms with E-state index in [-0.39, 0.29) is 11.7 Å². The molecule has 1 amide bonds. The Morgan fingerprint density at radius 2 is 2.25 bits per heavy atom. The predicted octanol–water partition coefficient (Wildman–Crippen LogP) is 3.01. The highest BCUT2D eigenvalue weighted by molar-refractivity contribution is 7.22. The smallest absolute Gasteiger partial charge is 0.221 e. The maximum atomic E-state index is 13.1. The van der Waals surface area contributed by atoms with E-state index in [0.717, 1.165) is 10.2 Å². The molecule has 1 heterocycles. The molecule has 0 bridgehead atoms. The predicted molar refractivity (Wildman–Crippen MR) is 80.5 cm³/mol. The van der Waals surface area contributed by atoms with Gasteiger partial charge in [0.15, 0.2) is 5.13 Å². The van der Waals surface area contributed by atoms with Gasteiger partial charge in [-0.1, -0.05) is 25.2 Å². The highest BCUT2D eigenvalue weighted by Gasteiger charge is 2.06. The maximum absolute atomic E-state index is 13.1. The number of fused-ring (bicyclic) bond motifs is 1. The first-order valence-electron chi connectivity index (χ1n) is 6.61. The van der Waals surface area contributed by atoms with Crippen LogP contribution in [-0.4, -0.2) is 24.0 Å². The van der Waals surface area contributed by atoms with Crippen LogP contribution in [0, 0.1) is 11.7 Å². The Hall–Kier alpha value is -1.69. The number of halogens is 1. The van der Waals surface area contributed by atoms with E-state index in [1.807, 2.05) is 0 Å². The quantitative estimate of drug-likeness (QED) is 0.861. The number of thiazole rings is 1. The van der Waals surface area contributed by atoms with E-state index >= 15 is 0 Å². The standard InChI is InChI=1S/C14H18FN3OS/c1-9(2)8-17-13(19)5-6-16-14-18-11-4-3-10(15)7-12(11)20-14/h3-4,7,9H,5-6,8H2,1-2H3,(H,16,18)(H,17,19). The summed E-state index contributed by atoms with van der Waals surface area (Å²) in [5.74, 6) is 0.213. The van der Waals surface area contributed by atoms with Crippen LogP contribution in [0.1, 0.15) is 20.3 Å². The zero-order chi connectivity index (χ0) is 14.5. The summed E-state index contributed by atoms with van der Waals surface area (Å²) in [7, 11) is 0. The summed E-state index contributed by atoms with van der Waals surface area (Å²) in [5.41, 5.74) is 0.767. The molecule has 20 heavy (non-hydrogen) atoms. The minimum Gasteiger partial charge on any atom is -0.361 e. The number of nitrogens with zero attached hydrogens (tertiary/aromatic N) is 1. The number of carbonyl (C=O) groups is 1. The number of rotatable bonds is 6. The number of carbonyl (C=O) groups excluding carboxylic acids is 1. The molecule has 108 valence electrons. The number of nitrogens with one attached hydrogen (secondary N) is 2. The fraction of sp³-hybridized carbons (Fsp3) is 0.429. The molecule has 0 aliphatic heterocycles. The van der Waals surface area contributed by atoms with Crippen molar-refractivity contribution in [2.24, 2.45) is 5.92 Å². The molecule has 0 aliphatic rings. The van der Waals surface area contributed by atoms with E-state index in [1.165, 1.54) is 23.5 Å². The summed E-state index contributed by atoms with van der Waals surface area (Å²) in [6, 6.07) is 4.51.